The molecule has 0 atom stereocenters. The maximum atomic E-state index is 12.6. The third-order valence-corrected chi connectivity index (χ3v) is 5.29. The second-order valence-electron chi connectivity index (χ2n) is 7.78. The molecule has 1 aliphatic heterocycles. The number of carbonyl (C=O) groups excluding carboxylic acids is 2. The van der Waals surface area contributed by atoms with E-state index in [1.165, 1.54) is 62.6 Å². The number of aryl methyl sites for hydroxylation is 2. The zero-order valence-electron chi connectivity index (χ0n) is 17.6. The van der Waals surface area contributed by atoms with Crippen molar-refractivity contribution in [3.8, 4) is 0 Å². The lowest BCUT2D eigenvalue weighted by atomic mass is 10.1. The fourth-order valence-corrected chi connectivity index (χ4v) is 3.60. The van der Waals surface area contributed by atoms with Crippen molar-refractivity contribution in [1.82, 2.24) is 0 Å². The summed E-state index contributed by atoms with van der Waals surface area (Å²) in [6, 6.07) is 10.5. The van der Waals surface area contributed by atoms with Crippen LogP contribution < -0.4 is 4.90 Å². The van der Waals surface area contributed by atoms with Gasteiger partial charge in [-0.3, -0.25) is 9.59 Å². The van der Waals surface area contributed by atoms with Crippen LogP contribution in [0.1, 0.15) is 76.8 Å². The predicted octanol–water partition coefficient (Wildman–Crippen LogP) is 6.30. The van der Waals surface area contributed by atoms with E-state index < -0.39 is 5.82 Å². The fourth-order valence-electron chi connectivity index (χ4n) is 3.60. The highest BCUT2D eigenvalue weighted by atomic mass is 19.1. The van der Waals surface area contributed by atoms with Gasteiger partial charge in [0.1, 0.15) is 5.82 Å². The third kappa shape index (κ3) is 7.45. The van der Waals surface area contributed by atoms with E-state index in [0.717, 1.165) is 36.2 Å². The lowest BCUT2D eigenvalue weighted by Crippen LogP contribution is -2.19. The number of hydrogen-bond donors (Lipinski definition) is 0. The Bertz CT molecular complexity index is 786. The molecule has 1 saturated carbocycles. The second-order valence-corrected chi connectivity index (χ2v) is 7.78. The van der Waals surface area contributed by atoms with Crippen molar-refractivity contribution in [3.63, 3.8) is 0 Å². The van der Waals surface area contributed by atoms with Crippen LogP contribution in [0.4, 0.5) is 10.1 Å². The van der Waals surface area contributed by atoms with Crippen LogP contribution in [0.5, 0.6) is 0 Å². The van der Waals surface area contributed by atoms with Gasteiger partial charge in [0.15, 0.2) is 12.6 Å². The predicted molar refractivity (Wildman–Crippen MR) is 118 cm³/mol. The molecule has 3 nitrogen and oxygen atoms in total. The first-order valence-electron chi connectivity index (χ1n) is 10.6. The van der Waals surface area contributed by atoms with Gasteiger partial charge < -0.3 is 4.90 Å². The summed E-state index contributed by atoms with van der Waals surface area (Å²) in [6.07, 6.45) is 11.4. The molecule has 2 aromatic rings. The van der Waals surface area contributed by atoms with Crippen molar-refractivity contribution >= 4 is 18.3 Å². The highest BCUT2D eigenvalue weighted by Gasteiger charge is 2.15. The molecule has 0 amide bonds. The molecule has 29 heavy (non-hydrogen) atoms. The topological polar surface area (TPSA) is 37.4 Å². The molecule has 2 aromatic carbocycles. The van der Waals surface area contributed by atoms with Crippen molar-refractivity contribution in [1.29, 1.82) is 0 Å². The molecule has 0 unspecified atom stereocenters. The minimum Gasteiger partial charge on any atom is -0.371 e. The second kappa shape index (κ2) is 12.2. The maximum Gasteiger partial charge on any atom is 0.152 e. The summed E-state index contributed by atoms with van der Waals surface area (Å²) >= 11 is 0. The summed E-state index contributed by atoms with van der Waals surface area (Å²) in [5.74, 6) is -0.449. The van der Waals surface area contributed by atoms with E-state index in [-0.39, 0.29) is 5.56 Å². The first kappa shape index (κ1) is 22.8. The molecule has 4 heteroatoms. The quantitative estimate of drug-likeness (QED) is 0.570. The van der Waals surface area contributed by atoms with Crippen LogP contribution in [0.25, 0.3) is 0 Å². The largest absolute Gasteiger partial charge is 0.371 e. The van der Waals surface area contributed by atoms with Crippen molar-refractivity contribution in [3.05, 3.63) is 64.5 Å². The third-order valence-electron chi connectivity index (χ3n) is 5.29. The van der Waals surface area contributed by atoms with E-state index >= 15 is 0 Å². The van der Waals surface area contributed by atoms with E-state index in [1.807, 2.05) is 12.1 Å². The molecule has 0 spiro atoms. The molecule has 0 N–H and O–H groups in total. The van der Waals surface area contributed by atoms with Crippen molar-refractivity contribution in [2.75, 3.05) is 18.0 Å². The van der Waals surface area contributed by atoms with Gasteiger partial charge >= 0.3 is 0 Å². The lowest BCUT2D eigenvalue weighted by molar-refractivity contribution is 0.111. The summed E-state index contributed by atoms with van der Waals surface area (Å²) in [7, 11) is 0. The van der Waals surface area contributed by atoms with Gasteiger partial charge in [-0.15, -0.1) is 0 Å². The number of nitrogens with zero attached hydrogens (tertiary/aromatic N) is 1. The molecule has 2 aliphatic rings. The summed E-state index contributed by atoms with van der Waals surface area (Å²) in [4.78, 5) is 23.3. The molecular formula is C25H32FNO2. The normalized spacial score (nSPS) is 15.1. The van der Waals surface area contributed by atoms with Crippen LogP contribution in [0, 0.1) is 19.7 Å². The first-order chi connectivity index (χ1) is 14.0. The Labute approximate surface area is 173 Å². The minimum atomic E-state index is -0.449. The molecule has 1 heterocycles. The van der Waals surface area contributed by atoms with Crippen LogP contribution in [0.3, 0.4) is 0 Å². The summed E-state index contributed by atoms with van der Waals surface area (Å²) < 4.78 is 12.6. The average Bonchev–Trinajstić information content (AvgIpc) is 3.45. The van der Waals surface area contributed by atoms with Crippen molar-refractivity contribution in [2.45, 2.75) is 58.8 Å². The Morgan fingerprint density at radius 2 is 1.21 bits per heavy atom. The fraction of sp³-hybridized carbons (Fsp3) is 0.440. The molecule has 1 aliphatic carbocycles. The number of halogens is 1. The molecule has 0 aromatic heterocycles. The number of rotatable bonds is 3. The highest BCUT2D eigenvalue weighted by Crippen LogP contribution is 2.24. The van der Waals surface area contributed by atoms with Crippen LogP contribution in [0.15, 0.2) is 36.4 Å². The Balaban J connectivity index is 0.000000173. The molecule has 156 valence electrons. The van der Waals surface area contributed by atoms with Gasteiger partial charge in [-0.2, -0.15) is 0 Å². The number of hydrogen-bond acceptors (Lipinski definition) is 3. The standard InChI is InChI=1S/C12H15NO.C8H7FO.C5H10/c1-10-4-5-11(9-14)12(8-10)13-6-2-3-7-13;1-6-2-3-7(5-10)8(9)4-6;1-2-4-5-3-1/h4-5,8-9H,2-3,6-7H2,1H3;2-5H,1H3;1-5H2. The number of benzene rings is 2. The van der Waals surface area contributed by atoms with E-state index in [0.29, 0.717) is 6.29 Å². The number of anilines is 1. The SMILES string of the molecule is C1CCCC1.Cc1ccc(C=O)c(F)c1.Cc1ccc(C=O)c(N2CCCC2)c1. The van der Waals surface area contributed by atoms with Gasteiger partial charge in [0.05, 0.1) is 5.56 Å². The zero-order valence-corrected chi connectivity index (χ0v) is 17.6. The van der Waals surface area contributed by atoms with Crippen LogP contribution in [-0.2, 0) is 0 Å². The lowest BCUT2D eigenvalue weighted by Gasteiger charge is -2.19. The Morgan fingerprint density at radius 3 is 1.69 bits per heavy atom. The highest BCUT2D eigenvalue weighted by molar-refractivity contribution is 5.85. The minimum absolute atomic E-state index is 0.116. The summed E-state index contributed by atoms with van der Waals surface area (Å²) in [5, 5.41) is 0. The molecule has 1 saturated heterocycles. The van der Waals surface area contributed by atoms with Crippen LogP contribution >= 0.6 is 0 Å². The van der Waals surface area contributed by atoms with E-state index in [4.69, 9.17) is 0 Å². The smallest absolute Gasteiger partial charge is 0.152 e. The van der Waals surface area contributed by atoms with Crippen molar-refractivity contribution < 1.29 is 14.0 Å². The van der Waals surface area contributed by atoms with Crippen LogP contribution in [-0.4, -0.2) is 25.7 Å². The molecule has 4 rings (SSSR count). The van der Waals surface area contributed by atoms with Gasteiger partial charge in [-0.1, -0.05) is 44.2 Å². The van der Waals surface area contributed by atoms with E-state index in [1.54, 1.807) is 13.0 Å². The first-order valence-corrected chi connectivity index (χ1v) is 10.6. The van der Waals surface area contributed by atoms with Gasteiger partial charge in [0.25, 0.3) is 0 Å². The average molecular weight is 398 g/mol. The Morgan fingerprint density at radius 1 is 0.724 bits per heavy atom. The summed E-state index contributed by atoms with van der Waals surface area (Å²) in [6.45, 7) is 6.01. The number of carbonyl (C=O) groups is 2. The molecule has 0 radical (unpaired) electrons. The molecule has 2 fully saturated rings. The van der Waals surface area contributed by atoms with Gasteiger partial charge in [-0.25, -0.2) is 4.39 Å². The molecular weight excluding hydrogens is 365 g/mol. The zero-order chi connectivity index (χ0) is 21.1. The van der Waals surface area contributed by atoms with E-state index in [2.05, 4.69) is 17.9 Å². The number of aldehydes is 2. The molecule has 0 bridgehead atoms. The van der Waals surface area contributed by atoms with Crippen LogP contribution in [0.2, 0.25) is 0 Å². The van der Waals surface area contributed by atoms with Gasteiger partial charge in [-0.05, 0) is 62.1 Å². The Hall–Kier alpha value is -2.49. The van der Waals surface area contributed by atoms with Gasteiger partial charge in [0.2, 0.25) is 0 Å². The van der Waals surface area contributed by atoms with Gasteiger partial charge in [0, 0.05) is 24.3 Å². The Kier molecular flexibility index (Phi) is 9.55. The monoisotopic (exact) mass is 397 g/mol. The van der Waals surface area contributed by atoms with Crippen molar-refractivity contribution in [2.24, 2.45) is 0 Å². The maximum absolute atomic E-state index is 12.6. The summed E-state index contributed by atoms with van der Waals surface area (Å²) in [5.41, 5.74) is 4.08. The van der Waals surface area contributed by atoms with E-state index in [9.17, 15) is 14.0 Å².